The van der Waals surface area contributed by atoms with Crippen LogP contribution in [-0.4, -0.2) is 19.8 Å². The molecule has 0 saturated heterocycles. The molecule has 0 heterocycles. The van der Waals surface area contributed by atoms with Crippen molar-refractivity contribution in [3.05, 3.63) is 29.6 Å². The van der Waals surface area contributed by atoms with Gasteiger partial charge in [-0.2, -0.15) is 0 Å². The second-order valence-electron chi connectivity index (χ2n) is 3.57. The third kappa shape index (κ3) is 2.93. The zero-order chi connectivity index (χ0) is 12.1. The highest BCUT2D eigenvalue weighted by molar-refractivity contribution is 5.31. The van der Waals surface area contributed by atoms with Crippen LogP contribution in [-0.2, 0) is 4.74 Å². The van der Waals surface area contributed by atoms with Gasteiger partial charge in [0.25, 0.3) is 0 Å². The van der Waals surface area contributed by atoms with Gasteiger partial charge in [-0.25, -0.2) is 4.39 Å². The Balaban J connectivity index is 2.87. The molecule has 3 nitrogen and oxygen atoms in total. The molecule has 0 radical (unpaired) electrons. The molecule has 2 atom stereocenters. The van der Waals surface area contributed by atoms with Crippen LogP contribution in [0.2, 0.25) is 0 Å². The second kappa shape index (κ2) is 5.82. The standard InChI is InChI=1S/C12H18FNO2/c1-4-16-8(2)12(14)10-6-5-9(15-3)7-11(10)13/h5-8,12H,4,14H2,1-3H3. The van der Waals surface area contributed by atoms with Gasteiger partial charge in [-0.15, -0.1) is 0 Å². The van der Waals surface area contributed by atoms with Crippen LogP contribution >= 0.6 is 0 Å². The average Bonchev–Trinajstić information content (AvgIpc) is 2.28. The van der Waals surface area contributed by atoms with E-state index in [1.54, 1.807) is 12.1 Å². The summed E-state index contributed by atoms with van der Waals surface area (Å²) in [4.78, 5) is 0. The number of hydrogen-bond donors (Lipinski definition) is 1. The van der Waals surface area contributed by atoms with Gasteiger partial charge in [0.15, 0.2) is 0 Å². The lowest BCUT2D eigenvalue weighted by Crippen LogP contribution is -2.27. The van der Waals surface area contributed by atoms with Crippen molar-refractivity contribution in [2.24, 2.45) is 5.73 Å². The molecule has 0 aliphatic heterocycles. The molecule has 2 unspecified atom stereocenters. The summed E-state index contributed by atoms with van der Waals surface area (Å²) < 4.78 is 23.9. The van der Waals surface area contributed by atoms with Gasteiger partial charge in [0.1, 0.15) is 11.6 Å². The Morgan fingerprint density at radius 2 is 2.12 bits per heavy atom. The van der Waals surface area contributed by atoms with E-state index in [-0.39, 0.29) is 11.9 Å². The molecule has 1 rings (SSSR count). The molecule has 1 aromatic rings. The molecule has 1 aromatic carbocycles. The summed E-state index contributed by atoms with van der Waals surface area (Å²) in [7, 11) is 1.50. The number of methoxy groups -OCH3 is 1. The first-order valence-electron chi connectivity index (χ1n) is 5.30. The lowest BCUT2D eigenvalue weighted by Gasteiger charge is -2.20. The van der Waals surface area contributed by atoms with E-state index in [1.807, 2.05) is 13.8 Å². The minimum absolute atomic E-state index is 0.215. The van der Waals surface area contributed by atoms with Crippen LogP contribution < -0.4 is 10.5 Å². The Morgan fingerprint density at radius 3 is 2.62 bits per heavy atom. The van der Waals surface area contributed by atoms with Crippen LogP contribution in [0.5, 0.6) is 5.75 Å². The highest BCUT2D eigenvalue weighted by atomic mass is 19.1. The van der Waals surface area contributed by atoms with Gasteiger partial charge in [-0.05, 0) is 19.9 Å². The summed E-state index contributed by atoms with van der Waals surface area (Å²) in [5.41, 5.74) is 6.36. The van der Waals surface area contributed by atoms with Gasteiger partial charge in [-0.3, -0.25) is 0 Å². The first-order chi connectivity index (χ1) is 7.60. The molecule has 0 aromatic heterocycles. The molecule has 16 heavy (non-hydrogen) atoms. The van der Waals surface area contributed by atoms with Crippen molar-refractivity contribution in [3.8, 4) is 5.75 Å². The van der Waals surface area contributed by atoms with E-state index in [2.05, 4.69) is 0 Å². The molecule has 0 aliphatic rings. The zero-order valence-corrected chi connectivity index (χ0v) is 9.87. The fourth-order valence-corrected chi connectivity index (χ4v) is 1.52. The molecule has 0 aliphatic carbocycles. The highest BCUT2D eigenvalue weighted by Crippen LogP contribution is 2.23. The van der Waals surface area contributed by atoms with Crippen molar-refractivity contribution >= 4 is 0 Å². The fraction of sp³-hybridized carbons (Fsp3) is 0.500. The smallest absolute Gasteiger partial charge is 0.131 e. The van der Waals surface area contributed by atoms with Crippen molar-refractivity contribution in [2.75, 3.05) is 13.7 Å². The molecule has 0 saturated carbocycles. The van der Waals surface area contributed by atoms with Crippen LogP contribution in [0.1, 0.15) is 25.5 Å². The van der Waals surface area contributed by atoms with E-state index in [9.17, 15) is 4.39 Å². The molecule has 2 N–H and O–H groups in total. The van der Waals surface area contributed by atoms with E-state index in [0.29, 0.717) is 17.9 Å². The lowest BCUT2D eigenvalue weighted by molar-refractivity contribution is 0.0566. The predicted molar refractivity (Wildman–Crippen MR) is 61.0 cm³/mol. The number of benzene rings is 1. The topological polar surface area (TPSA) is 44.5 Å². The van der Waals surface area contributed by atoms with E-state index in [4.69, 9.17) is 15.2 Å². The van der Waals surface area contributed by atoms with Crippen molar-refractivity contribution in [1.29, 1.82) is 0 Å². The second-order valence-corrected chi connectivity index (χ2v) is 3.57. The van der Waals surface area contributed by atoms with Gasteiger partial charge < -0.3 is 15.2 Å². The molecule has 0 amide bonds. The first kappa shape index (κ1) is 12.9. The van der Waals surface area contributed by atoms with E-state index in [0.717, 1.165) is 0 Å². The van der Waals surface area contributed by atoms with Crippen LogP contribution in [0.25, 0.3) is 0 Å². The highest BCUT2D eigenvalue weighted by Gasteiger charge is 2.18. The van der Waals surface area contributed by atoms with Gasteiger partial charge in [0.2, 0.25) is 0 Å². The first-order valence-corrected chi connectivity index (χ1v) is 5.30. The number of rotatable bonds is 5. The minimum atomic E-state index is -0.467. The van der Waals surface area contributed by atoms with Crippen molar-refractivity contribution in [3.63, 3.8) is 0 Å². The normalized spacial score (nSPS) is 14.6. The lowest BCUT2D eigenvalue weighted by atomic mass is 10.0. The van der Waals surface area contributed by atoms with Crippen molar-refractivity contribution in [2.45, 2.75) is 26.0 Å². The number of ether oxygens (including phenoxy) is 2. The molecule has 0 spiro atoms. The molecule has 0 fully saturated rings. The van der Waals surface area contributed by atoms with Crippen molar-refractivity contribution in [1.82, 2.24) is 0 Å². The Hall–Kier alpha value is -1.13. The summed E-state index contributed by atoms with van der Waals surface area (Å²) in [6.45, 7) is 4.28. The van der Waals surface area contributed by atoms with Gasteiger partial charge >= 0.3 is 0 Å². The zero-order valence-electron chi connectivity index (χ0n) is 9.87. The number of hydrogen-bond acceptors (Lipinski definition) is 3. The quantitative estimate of drug-likeness (QED) is 0.839. The molecule has 4 heteroatoms. The van der Waals surface area contributed by atoms with Gasteiger partial charge in [0.05, 0.1) is 19.3 Å². The third-order valence-corrected chi connectivity index (χ3v) is 2.50. The Bertz CT molecular complexity index is 344. The largest absolute Gasteiger partial charge is 0.497 e. The van der Waals surface area contributed by atoms with Crippen LogP contribution in [0.4, 0.5) is 4.39 Å². The maximum absolute atomic E-state index is 13.7. The van der Waals surface area contributed by atoms with Gasteiger partial charge in [-0.1, -0.05) is 6.07 Å². The fourth-order valence-electron chi connectivity index (χ4n) is 1.52. The number of halogens is 1. The minimum Gasteiger partial charge on any atom is -0.497 e. The molecular formula is C12H18FNO2. The maximum atomic E-state index is 13.7. The van der Waals surface area contributed by atoms with Crippen LogP contribution in [0.15, 0.2) is 18.2 Å². The van der Waals surface area contributed by atoms with E-state index in [1.165, 1.54) is 13.2 Å². The predicted octanol–water partition coefficient (Wildman–Crippen LogP) is 2.26. The summed E-state index contributed by atoms with van der Waals surface area (Å²) in [6.07, 6.45) is -0.215. The summed E-state index contributed by atoms with van der Waals surface area (Å²) >= 11 is 0. The van der Waals surface area contributed by atoms with Gasteiger partial charge in [0, 0.05) is 18.2 Å². The number of nitrogens with two attached hydrogens (primary N) is 1. The maximum Gasteiger partial charge on any atom is 0.131 e. The van der Waals surface area contributed by atoms with Crippen molar-refractivity contribution < 1.29 is 13.9 Å². The van der Waals surface area contributed by atoms with E-state index < -0.39 is 6.04 Å². The Labute approximate surface area is 95.4 Å². The summed E-state index contributed by atoms with van der Waals surface area (Å²) in [5, 5.41) is 0. The Kier molecular flexibility index (Phi) is 4.71. The summed E-state index contributed by atoms with van der Waals surface area (Å²) in [5.74, 6) is 0.121. The molecular weight excluding hydrogens is 209 g/mol. The average molecular weight is 227 g/mol. The van der Waals surface area contributed by atoms with Crippen LogP contribution in [0.3, 0.4) is 0 Å². The third-order valence-electron chi connectivity index (χ3n) is 2.50. The Morgan fingerprint density at radius 1 is 1.44 bits per heavy atom. The van der Waals surface area contributed by atoms with Crippen LogP contribution in [0, 0.1) is 5.82 Å². The SMILES string of the molecule is CCOC(C)C(N)c1ccc(OC)cc1F. The molecule has 90 valence electrons. The van der Waals surface area contributed by atoms with E-state index >= 15 is 0 Å². The monoisotopic (exact) mass is 227 g/mol. The summed E-state index contributed by atoms with van der Waals surface area (Å²) in [6, 6.07) is 4.19. The molecule has 0 bridgehead atoms.